The molecule has 2 heteroatoms. The van der Waals surface area contributed by atoms with E-state index >= 15 is 0 Å². The molecule has 0 aliphatic heterocycles. The Labute approximate surface area is 156 Å². The summed E-state index contributed by atoms with van der Waals surface area (Å²) in [6, 6.07) is 4.68. The first-order valence-electron chi connectivity index (χ1n) is 10.3. The van der Waals surface area contributed by atoms with E-state index in [9.17, 15) is 0 Å². The van der Waals surface area contributed by atoms with Gasteiger partial charge in [0, 0.05) is 12.4 Å². The van der Waals surface area contributed by atoms with Gasteiger partial charge in [-0.1, -0.05) is 27.7 Å². The van der Waals surface area contributed by atoms with E-state index < -0.39 is 0 Å². The van der Waals surface area contributed by atoms with Crippen molar-refractivity contribution in [3.8, 4) is 11.4 Å². The summed E-state index contributed by atoms with van der Waals surface area (Å²) in [7, 11) is 0. The minimum Gasteiger partial charge on any atom is -0.254 e. The fourth-order valence-electron chi connectivity index (χ4n) is 6.59. The lowest BCUT2D eigenvalue weighted by molar-refractivity contribution is 0.0182. The molecule has 26 heavy (non-hydrogen) atoms. The molecule has 2 aromatic heterocycles. The monoisotopic (exact) mass is 344 g/mol. The predicted octanol–water partition coefficient (Wildman–Crippen LogP) is 5.52. The van der Waals surface area contributed by atoms with Crippen molar-refractivity contribution in [2.75, 3.05) is 0 Å². The van der Waals surface area contributed by atoms with E-state index in [0.29, 0.717) is 22.7 Å². The van der Waals surface area contributed by atoms with Gasteiger partial charge in [0.25, 0.3) is 0 Å². The van der Waals surface area contributed by atoms with Crippen molar-refractivity contribution in [3.63, 3.8) is 0 Å². The molecule has 0 N–H and O–H groups in total. The van der Waals surface area contributed by atoms with E-state index in [2.05, 4.69) is 52.2 Å². The maximum atomic E-state index is 4.85. The lowest BCUT2D eigenvalue weighted by Crippen LogP contribution is -2.48. The van der Waals surface area contributed by atoms with Gasteiger partial charge in [-0.25, -0.2) is 0 Å². The number of pyridine rings is 2. The van der Waals surface area contributed by atoms with Crippen molar-refractivity contribution in [2.24, 2.45) is 22.7 Å². The summed E-state index contributed by atoms with van der Waals surface area (Å²) in [4.78, 5) is 9.70. The van der Waals surface area contributed by atoms with E-state index in [0.717, 1.165) is 23.2 Å². The van der Waals surface area contributed by atoms with Crippen LogP contribution in [0.5, 0.6) is 0 Å². The van der Waals surface area contributed by atoms with Gasteiger partial charge in [0.1, 0.15) is 0 Å². The number of nitrogens with zero attached hydrogens (tertiary/aromatic N) is 2. The van der Waals surface area contributed by atoms with Crippen LogP contribution in [-0.2, 0) is 12.8 Å². The molecule has 2 saturated carbocycles. The van der Waals surface area contributed by atoms with Crippen LogP contribution in [0.15, 0.2) is 24.5 Å². The molecule has 0 saturated heterocycles. The zero-order valence-corrected chi connectivity index (χ0v) is 16.3. The van der Waals surface area contributed by atoms with Gasteiger partial charge in [-0.15, -0.1) is 0 Å². The molecule has 0 unspecified atom stereocenters. The van der Waals surface area contributed by atoms with Crippen LogP contribution in [0.25, 0.3) is 11.4 Å². The Hall–Kier alpha value is -1.70. The van der Waals surface area contributed by atoms with Crippen molar-refractivity contribution in [1.82, 2.24) is 9.97 Å². The van der Waals surface area contributed by atoms with Crippen LogP contribution in [0.3, 0.4) is 0 Å². The summed E-state index contributed by atoms with van der Waals surface area (Å²) in [6.45, 7) is 9.72. The predicted molar refractivity (Wildman–Crippen MR) is 104 cm³/mol. The zero-order chi connectivity index (χ0) is 17.8. The van der Waals surface area contributed by atoms with Crippen LogP contribution in [0, 0.1) is 22.7 Å². The molecule has 8 rings (SSSR count). The quantitative estimate of drug-likeness (QED) is 0.681. The molecule has 134 valence electrons. The molecular formula is C24H28N2. The van der Waals surface area contributed by atoms with Crippen molar-refractivity contribution >= 4 is 0 Å². The summed E-state index contributed by atoms with van der Waals surface area (Å²) in [5, 5.41) is 0. The number of aromatic nitrogens is 2. The van der Waals surface area contributed by atoms with Crippen LogP contribution in [0.4, 0.5) is 0 Å². The Kier molecular flexibility index (Phi) is 2.71. The lowest BCUT2D eigenvalue weighted by atomic mass is 9.47. The Balaban J connectivity index is 1.37. The Morgan fingerprint density at radius 2 is 1.15 bits per heavy atom. The average Bonchev–Trinajstić information content (AvgIpc) is 2.65. The SMILES string of the molecule is CC1(C)[C@H]2Cc3cc(-c4cc5c(cn4)[C@@H]4C[C@H](C5)C4(C)C)ncc3[C@@H]1C2. The third kappa shape index (κ3) is 1.74. The molecule has 4 bridgehead atoms. The van der Waals surface area contributed by atoms with Gasteiger partial charge in [-0.2, -0.15) is 0 Å². The van der Waals surface area contributed by atoms with E-state index in [-0.39, 0.29) is 0 Å². The highest BCUT2D eigenvalue weighted by Gasteiger charge is 2.53. The van der Waals surface area contributed by atoms with Crippen LogP contribution in [0.2, 0.25) is 0 Å². The summed E-state index contributed by atoms with van der Waals surface area (Å²) in [5.74, 6) is 3.12. The molecule has 2 nitrogen and oxygen atoms in total. The Morgan fingerprint density at radius 3 is 1.54 bits per heavy atom. The minimum absolute atomic E-state index is 0.466. The van der Waals surface area contributed by atoms with Crippen LogP contribution in [-0.4, -0.2) is 9.97 Å². The van der Waals surface area contributed by atoms with Crippen molar-refractivity contribution < 1.29 is 0 Å². The molecule has 6 aliphatic rings. The lowest BCUT2D eigenvalue weighted by Gasteiger charge is -2.57. The fourth-order valence-corrected chi connectivity index (χ4v) is 6.59. The largest absolute Gasteiger partial charge is 0.254 e. The molecule has 2 aromatic rings. The van der Waals surface area contributed by atoms with Crippen LogP contribution < -0.4 is 0 Å². The first-order valence-corrected chi connectivity index (χ1v) is 10.3. The Bertz CT molecular complexity index is 862. The molecular weight excluding hydrogens is 316 g/mol. The number of hydrogen-bond donors (Lipinski definition) is 0. The van der Waals surface area contributed by atoms with Crippen LogP contribution >= 0.6 is 0 Å². The maximum absolute atomic E-state index is 4.85. The second-order valence-corrected chi connectivity index (χ2v) is 10.6. The summed E-state index contributed by atoms with van der Waals surface area (Å²) >= 11 is 0. The summed E-state index contributed by atoms with van der Waals surface area (Å²) in [6.07, 6.45) is 9.48. The minimum atomic E-state index is 0.466. The first-order chi connectivity index (χ1) is 12.4. The average molecular weight is 345 g/mol. The second kappa shape index (κ2) is 4.58. The molecule has 2 heterocycles. The van der Waals surface area contributed by atoms with E-state index in [4.69, 9.17) is 9.97 Å². The summed E-state index contributed by atoms with van der Waals surface area (Å²) in [5.41, 5.74) is 9.14. The van der Waals surface area contributed by atoms with E-state index in [1.807, 2.05) is 0 Å². The van der Waals surface area contributed by atoms with Crippen LogP contribution in [0.1, 0.15) is 74.6 Å². The van der Waals surface area contributed by atoms with Gasteiger partial charge < -0.3 is 0 Å². The molecule has 6 aliphatic carbocycles. The van der Waals surface area contributed by atoms with E-state index in [1.165, 1.54) is 47.9 Å². The van der Waals surface area contributed by atoms with Gasteiger partial charge in [0.15, 0.2) is 0 Å². The van der Waals surface area contributed by atoms with Gasteiger partial charge in [-0.3, -0.25) is 9.97 Å². The Morgan fingerprint density at radius 1 is 0.731 bits per heavy atom. The molecule has 0 radical (unpaired) electrons. The molecule has 2 fully saturated rings. The van der Waals surface area contributed by atoms with Crippen molar-refractivity contribution in [3.05, 3.63) is 46.8 Å². The number of rotatable bonds is 1. The highest BCUT2D eigenvalue weighted by Crippen LogP contribution is 2.63. The maximum Gasteiger partial charge on any atom is 0.0889 e. The third-order valence-electron chi connectivity index (χ3n) is 8.94. The summed E-state index contributed by atoms with van der Waals surface area (Å²) < 4.78 is 0. The fraction of sp³-hybridized carbons (Fsp3) is 0.583. The van der Waals surface area contributed by atoms with Gasteiger partial charge in [-0.05, 0) is 94.6 Å². The first kappa shape index (κ1) is 15.4. The van der Waals surface area contributed by atoms with Gasteiger partial charge >= 0.3 is 0 Å². The standard InChI is InChI=1S/C24H28N2/c1-23(2)15-5-13-7-21(25-11-17(13)19(23)9-15)22-8-14-6-16-10-20(24(16,3)4)18(14)12-26-22/h7-8,11-12,15-16,19-20H,5-6,9-10H2,1-4H3/t15-,16-,19-,20-/m0/s1. The van der Waals surface area contributed by atoms with Crippen molar-refractivity contribution in [1.29, 1.82) is 0 Å². The second-order valence-electron chi connectivity index (χ2n) is 10.6. The topological polar surface area (TPSA) is 25.8 Å². The number of hydrogen-bond acceptors (Lipinski definition) is 2. The highest BCUT2D eigenvalue weighted by molar-refractivity contribution is 5.59. The molecule has 0 spiro atoms. The highest BCUT2D eigenvalue weighted by atomic mass is 14.8. The molecule has 0 aromatic carbocycles. The van der Waals surface area contributed by atoms with E-state index in [1.54, 1.807) is 0 Å². The van der Waals surface area contributed by atoms with Gasteiger partial charge in [0.05, 0.1) is 11.4 Å². The normalized spacial score (nSPS) is 34.2. The van der Waals surface area contributed by atoms with Crippen molar-refractivity contribution in [2.45, 2.75) is 65.2 Å². The molecule has 0 amide bonds. The van der Waals surface area contributed by atoms with Gasteiger partial charge in [0.2, 0.25) is 0 Å². The zero-order valence-electron chi connectivity index (χ0n) is 16.3. The molecule has 4 atom stereocenters. The smallest absolute Gasteiger partial charge is 0.0889 e. The third-order valence-corrected chi connectivity index (χ3v) is 8.94.